The molecule has 0 unspecified atom stereocenters. The van der Waals surface area contributed by atoms with Crippen LogP contribution in [0.15, 0.2) is 48.5 Å². The maximum absolute atomic E-state index is 13.6. The van der Waals surface area contributed by atoms with Crippen molar-refractivity contribution in [3.63, 3.8) is 0 Å². The van der Waals surface area contributed by atoms with Crippen LogP contribution in [-0.4, -0.2) is 125 Å². The summed E-state index contributed by atoms with van der Waals surface area (Å²) in [7, 11) is -2.05. The SMILES string of the molecule is CCCCc1ccc(-c2ccc(C(=O)NCCC(=O)N3C[C@@H](N)C[C@H]3C(=O)N[C@H](C(=O)N[C@@H](CC)C(=O)N[C@@H](CCCCN)C(=O)N[C@@H](N)B(O)O)[C@@H](C)O)cc2)cc1. The van der Waals surface area contributed by atoms with E-state index >= 15 is 0 Å². The minimum absolute atomic E-state index is 0.0103. The fourth-order valence-electron chi connectivity index (χ4n) is 6.62. The fourth-order valence-corrected chi connectivity index (χ4v) is 6.62. The molecule has 1 aliphatic heterocycles. The highest BCUT2D eigenvalue weighted by Crippen LogP contribution is 2.22. The summed E-state index contributed by atoms with van der Waals surface area (Å²) in [6.45, 7) is 5.40. The highest BCUT2D eigenvalue weighted by atomic mass is 16.4. The first-order valence-corrected chi connectivity index (χ1v) is 20.3. The Morgan fingerprint density at radius 3 is 2.03 bits per heavy atom. The fraction of sp³-hybridized carbons (Fsp3) is 0.550. The first kappa shape index (κ1) is 48.5. The van der Waals surface area contributed by atoms with E-state index in [-0.39, 0.29) is 44.7 Å². The topological polar surface area (TPSA) is 305 Å². The molecule has 2 aromatic rings. The number of likely N-dealkylation sites (tertiary alicyclic amines) is 1. The summed E-state index contributed by atoms with van der Waals surface area (Å²) >= 11 is 0. The third-order valence-corrected chi connectivity index (χ3v) is 10.1. The third-order valence-electron chi connectivity index (χ3n) is 10.1. The second kappa shape index (κ2) is 24.2. The maximum atomic E-state index is 13.6. The number of aryl methyl sites for hydroxylation is 1. The van der Waals surface area contributed by atoms with Gasteiger partial charge in [-0.25, -0.2) is 0 Å². The van der Waals surface area contributed by atoms with Crippen molar-refractivity contribution in [2.24, 2.45) is 17.2 Å². The van der Waals surface area contributed by atoms with Crippen molar-refractivity contribution in [1.29, 1.82) is 0 Å². The number of nitrogens with zero attached hydrogens (tertiary/aromatic N) is 1. The minimum Gasteiger partial charge on any atom is -0.425 e. The van der Waals surface area contributed by atoms with Crippen LogP contribution in [0.4, 0.5) is 0 Å². The molecule has 1 aliphatic rings. The van der Waals surface area contributed by atoms with Crippen molar-refractivity contribution in [2.45, 2.75) is 121 Å². The van der Waals surface area contributed by atoms with Crippen LogP contribution in [0, 0.1) is 0 Å². The number of hydrogen-bond acceptors (Lipinski definition) is 12. The summed E-state index contributed by atoms with van der Waals surface area (Å²) in [4.78, 5) is 80.6. The Hall–Kier alpha value is -4.92. The smallest absolute Gasteiger partial charge is 0.425 e. The van der Waals surface area contributed by atoms with Gasteiger partial charge in [-0.2, -0.15) is 0 Å². The van der Waals surface area contributed by atoms with E-state index in [0.717, 1.165) is 30.4 Å². The van der Waals surface area contributed by atoms with Crippen LogP contribution in [0.25, 0.3) is 11.1 Å². The lowest BCUT2D eigenvalue weighted by Crippen LogP contribution is -2.61. The van der Waals surface area contributed by atoms with E-state index in [4.69, 9.17) is 17.2 Å². The molecule has 7 atom stereocenters. The van der Waals surface area contributed by atoms with E-state index in [1.54, 1.807) is 19.1 Å². The van der Waals surface area contributed by atoms with E-state index < -0.39 is 79.0 Å². The van der Waals surface area contributed by atoms with E-state index in [1.807, 2.05) is 12.1 Å². The molecule has 6 amide bonds. The molecule has 0 saturated carbocycles. The number of carbonyl (C=O) groups is 6. The molecule has 2 aromatic carbocycles. The van der Waals surface area contributed by atoms with Crippen LogP contribution in [0.3, 0.4) is 0 Å². The molecular formula is C40H62BN9O9. The van der Waals surface area contributed by atoms with Crippen LogP contribution in [-0.2, 0) is 30.4 Å². The maximum Gasteiger partial charge on any atom is 0.490 e. The zero-order chi connectivity index (χ0) is 43.6. The quantitative estimate of drug-likeness (QED) is 0.0348. The Morgan fingerprint density at radius 2 is 1.46 bits per heavy atom. The van der Waals surface area contributed by atoms with Crippen LogP contribution >= 0.6 is 0 Å². The van der Waals surface area contributed by atoms with E-state index in [0.29, 0.717) is 24.9 Å². The van der Waals surface area contributed by atoms with Gasteiger partial charge in [-0.15, -0.1) is 0 Å². The van der Waals surface area contributed by atoms with Crippen molar-refractivity contribution in [1.82, 2.24) is 31.5 Å². The number of amides is 6. The Labute approximate surface area is 345 Å². The molecule has 3 rings (SSSR count). The summed E-state index contributed by atoms with van der Waals surface area (Å²) in [5, 5.41) is 41.6. The zero-order valence-corrected chi connectivity index (χ0v) is 34.2. The number of aliphatic hydroxyl groups is 1. The standard InChI is InChI=1S/C40H62BN9O9/c1-4-6-9-25-11-13-26(14-12-25)27-15-17-28(18-16-27)35(53)45-21-19-33(52)50-23-29(43)22-32(50)38(56)48-34(24(3)51)39(57)46-30(5-2)36(54)47-31(10-7-8-20-42)37(55)49-40(44)41(58)59/h11-18,24,29-32,34,40,51,58-59H,4-10,19-23,42-44H2,1-3H3,(H,45,53)(H,46,57)(H,47,54)(H,48,56)(H,49,55)/t24-,29+,30+,31+,32+,34+,40-/m1/s1. The van der Waals surface area contributed by atoms with Gasteiger partial charge in [0.1, 0.15) is 30.2 Å². The van der Waals surface area contributed by atoms with Gasteiger partial charge in [0.05, 0.1) is 6.10 Å². The lowest BCUT2D eigenvalue weighted by Gasteiger charge is -2.28. The average Bonchev–Trinajstić information content (AvgIpc) is 3.62. The van der Waals surface area contributed by atoms with Gasteiger partial charge in [-0.3, -0.25) is 28.8 Å². The summed E-state index contributed by atoms with van der Waals surface area (Å²) in [6.07, 6.45) is 2.98. The Balaban J connectivity index is 1.57. The second-order valence-corrected chi connectivity index (χ2v) is 14.9. The molecule has 0 aliphatic carbocycles. The lowest BCUT2D eigenvalue weighted by molar-refractivity contribution is -0.140. The number of carbonyl (C=O) groups excluding carboxylic acids is 6. The first-order valence-electron chi connectivity index (χ1n) is 20.3. The highest BCUT2D eigenvalue weighted by Gasteiger charge is 2.40. The van der Waals surface area contributed by atoms with Gasteiger partial charge in [0.2, 0.25) is 29.5 Å². The highest BCUT2D eigenvalue weighted by molar-refractivity contribution is 6.43. The molecule has 1 fully saturated rings. The molecule has 14 N–H and O–H groups in total. The number of rotatable bonds is 23. The van der Waals surface area contributed by atoms with E-state index in [9.17, 15) is 43.9 Å². The molecular weight excluding hydrogens is 761 g/mol. The zero-order valence-electron chi connectivity index (χ0n) is 34.2. The van der Waals surface area contributed by atoms with Gasteiger partial charge < -0.3 is 63.8 Å². The molecule has 0 bridgehead atoms. The number of nitrogens with two attached hydrogens (primary N) is 3. The summed E-state index contributed by atoms with van der Waals surface area (Å²) < 4.78 is 0. The monoisotopic (exact) mass is 823 g/mol. The predicted octanol–water partition coefficient (Wildman–Crippen LogP) is -1.47. The molecule has 19 heteroatoms. The van der Waals surface area contributed by atoms with E-state index in [2.05, 4.69) is 57.8 Å². The lowest BCUT2D eigenvalue weighted by atomic mass is 9.86. The molecule has 1 heterocycles. The molecule has 0 spiro atoms. The number of unbranched alkanes of at least 4 members (excludes halogenated alkanes) is 2. The van der Waals surface area contributed by atoms with Gasteiger partial charge in [0.15, 0.2) is 0 Å². The number of aliphatic hydroxyl groups excluding tert-OH is 1. The molecule has 324 valence electrons. The number of hydrogen-bond donors (Lipinski definition) is 11. The van der Waals surface area contributed by atoms with Gasteiger partial charge in [-0.1, -0.05) is 56.7 Å². The van der Waals surface area contributed by atoms with Gasteiger partial charge in [-0.05, 0) is 87.2 Å². The van der Waals surface area contributed by atoms with Gasteiger partial charge >= 0.3 is 7.12 Å². The average molecular weight is 824 g/mol. The summed E-state index contributed by atoms with van der Waals surface area (Å²) in [5.41, 5.74) is 20.9. The number of benzene rings is 2. The Kier molecular flexibility index (Phi) is 19.9. The van der Waals surface area contributed by atoms with Gasteiger partial charge in [0, 0.05) is 31.1 Å². The van der Waals surface area contributed by atoms with Crippen molar-refractivity contribution in [3.05, 3.63) is 59.7 Å². The molecule has 1 saturated heterocycles. The van der Waals surface area contributed by atoms with Crippen LogP contribution in [0.5, 0.6) is 0 Å². The molecule has 18 nitrogen and oxygen atoms in total. The number of nitrogens with one attached hydrogen (secondary N) is 5. The Morgan fingerprint density at radius 1 is 0.847 bits per heavy atom. The largest absolute Gasteiger partial charge is 0.490 e. The van der Waals surface area contributed by atoms with Crippen LogP contribution in [0.1, 0.15) is 88.1 Å². The summed E-state index contributed by atoms with van der Waals surface area (Å²) in [5.74, 6) is -4.01. The van der Waals surface area contributed by atoms with Crippen molar-refractivity contribution in [3.8, 4) is 11.1 Å². The summed E-state index contributed by atoms with van der Waals surface area (Å²) in [6, 6.07) is 8.45. The van der Waals surface area contributed by atoms with E-state index in [1.165, 1.54) is 17.4 Å². The first-order chi connectivity index (χ1) is 28.1. The molecule has 59 heavy (non-hydrogen) atoms. The van der Waals surface area contributed by atoms with Crippen LogP contribution in [0.2, 0.25) is 0 Å². The second-order valence-electron chi connectivity index (χ2n) is 14.9. The predicted molar refractivity (Wildman–Crippen MR) is 223 cm³/mol. The third kappa shape index (κ3) is 15.0. The Bertz CT molecular complexity index is 1700. The van der Waals surface area contributed by atoms with Crippen LogP contribution < -0.4 is 43.8 Å². The van der Waals surface area contributed by atoms with Gasteiger partial charge in [0.25, 0.3) is 5.91 Å². The van der Waals surface area contributed by atoms with Crippen molar-refractivity contribution in [2.75, 3.05) is 19.6 Å². The molecule has 0 radical (unpaired) electrons. The normalized spacial score (nSPS) is 17.5. The molecule has 0 aromatic heterocycles. The van der Waals surface area contributed by atoms with Crippen molar-refractivity contribution < 1.29 is 43.9 Å². The minimum atomic E-state index is -2.05. The van der Waals surface area contributed by atoms with Crippen molar-refractivity contribution >= 4 is 42.6 Å².